The summed E-state index contributed by atoms with van der Waals surface area (Å²) in [6.45, 7) is 1.04. The van der Waals surface area contributed by atoms with Crippen molar-refractivity contribution in [2.75, 3.05) is 25.5 Å². The average Bonchev–Trinajstić information content (AvgIpc) is 3.19. The molecule has 0 bridgehead atoms. The average molecular weight is 439 g/mol. The standard InChI is InChI=1S/C22H22N4O4S/c1-29-18-10-9-15(13-19(18)31(27,28)26-11-5-2-6-12-26)25-22-21-20(23-14-24-22)16-7-3-4-8-17(16)30-21/h3-4,7-10,13-14H,2,5-6,11-12H2,1H3,(H,23,24,25). The summed E-state index contributed by atoms with van der Waals surface area (Å²) < 4.78 is 39.4. The van der Waals surface area contributed by atoms with Crippen LogP contribution in [-0.2, 0) is 10.0 Å². The van der Waals surface area contributed by atoms with Gasteiger partial charge in [-0.05, 0) is 43.2 Å². The second-order valence-electron chi connectivity index (χ2n) is 7.45. The molecule has 1 aliphatic heterocycles. The van der Waals surface area contributed by atoms with E-state index in [0.29, 0.717) is 47.0 Å². The molecule has 1 fully saturated rings. The minimum absolute atomic E-state index is 0.136. The maximum Gasteiger partial charge on any atom is 0.246 e. The van der Waals surface area contributed by atoms with Crippen molar-refractivity contribution in [1.29, 1.82) is 0 Å². The summed E-state index contributed by atoms with van der Waals surface area (Å²) >= 11 is 0. The van der Waals surface area contributed by atoms with Gasteiger partial charge in [0.1, 0.15) is 28.1 Å². The molecule has 0 saturated carbocycles. The molecular formula is C22H22N4O4S. The van der Waals surface area contributed by atoms with Crippen molar-refractivity contribution in [2.45, 2.75) is 24.2 Å². The summed E-state index contributed by atoms with van der Waals surface area (Å²) in [5.41, 5.74) is 2.49. The van der Waals surface area contributed by atoms with E-state index in [0.717, 1.165) is 24.6 Å². The number of aromatic nitrogens is 2. The summed E-state index contributed by atoms with van der Waals surface area (Å²) in [7, 11) is -2.20. The first-order chi connectivity index (χ1) is 15.1. The summed E-state index contributed by atoms with van der Waals surface area (Å²) in [5.74, 6) is 0.778. The molecule has 3 heterocycles. The summed E-state index contributed by atoms with van der Waals surface area (Å²) in [6.07, 6.45) is 4.24. The van der Waals surface area contributed by atoms with Crippen LogP contribution >= 0.6 is 0 Å². The number of furan rings is 1. The van der Waals surface area contributed by atoms with E-state index in [-0.39, 0.29) is 4.90 Å². The first-order valence-electron chi connectivity index (χ1n) is 10.2. The molecule has 0 aliphatic carbocycles. The zero-order valence-corrected chi connectivity index (χ0v) is 17.9. The lowest BCUT2D eigenvalue weighted by atomic mass is 10.2. The van der Waals surface area contributed by atoms with Crippen molar-refractivity contribution in [1.82, 2.24) is 14.3 Å². The number of methoxy groups -OCH3 is 1. The van der Waals surface area contributed by atoms with Crippen LogP contribution in [-0.4, -0.2) is 42.9 Å². The van der Waals surface area contributed by atoms with Gasteiger partial charge in [-0.2, -0.15) is 4.31 Å². The molecule has 0 amide bonds. The Hall–Kier alpha value is -3.17. The number of ether oxygens (including phenoxy) is 1. The van der Waals surface area contributed by atoms with E-state index in [2.05, 4.69) is 15.3 Å². The van der Waals surface area contributed by atoms with Gasteiger partial charge in [0, 0.05) is 24.2 Å². The molecule has 1 aliphatic rings. The second-order valence-corrected chi connectivity index (χ2v) is 9.36. The van der Waals surface area contributed by atoms with Gasteiger partial charge < -0.3 is 14.5 Å². The summed E-state index contributed by atoms with van der Waals surface area (Å²) in [4.78, 5) is 8.80. The molecule has 2 aromatic carbocycles. The topological polar surface area (TPSA) is 97.6 Å². The first-order valence-corrected chi connectivity index (χ1v) is 11.6. The normalized spacial score (nSPS) is 15.4. The summed E-state index contributed by atoms with van der Waals surface area (Å²) in [6, 6.07) is 12.6. The van der Waals surface area contributed by atoms with Crippen molar-refractivity contribution in [3.05, 3.63) is 48.8 Å². The number of piperidine rings is 1. The SMILES string of the molecule is COc1ccc(Nc2ncnc3c2oc2ccccc23)cc1S(=O)(=O)N1CCCCC1. The highest BCUT2D eigenvalue weighted by Crippen LogP contribution is 2.34. The van der Waals surface area contributed by atoms with Crippen LogP contribution in [0.25, 0.3) is 22.1 Å². The van der Waals surface area contributed by atoms with Gasteiger partial charge in [-0.25, -0.2) is 18.4 Å². The quantitative estimate of drug-likeness (QED) is 0.496. The van der Waals surface area contributed by atoms with E-state index >= 15 is 0 Å². The fourth-order valence-corrected chi connectivity index (χ4v) is 5.65. The fourth-order valence-electron chi connectivity index (χ4n) is 3.95. The van der Waals surface area contributed by atoms with Gasteiger partial charge in [-0.1, -0.05) is 18.6 Å². The predicted octanol–water partition coefficient (Wildman–Crippen LogP) is 4.30. The molecule has 160 valence electrons. The van der Waals surface area contributed by atoms with Crippen LogP contribution in [0.4, 0.5) is 11.5 Å². The third-order valence-corrected chi connectivity index (χ3v) is 7.44. The Labute approximate surface area is 179 Å². The molecule has 0 spiro atoms. The van der Waals surface area contributed by atoms with Gasteiger partial charge in [-0.15, -0.1) is 0 Å². The molecule has 9 heteroatoms. The molecule has 2 aromatic heterocycles. The number of nitrogens with zero attached hydrogens (tertiary/aromatic N) is 3. The van der Waals surface area contributed by atoms with Crippen LogP contribution in [0.2, 0.25) is 0 Å². The fraction of sp³-hybridized carbons (Fsp3) is 0.273. The van der Waals surface area contributed by atoms with E-state index < -0.39 is 10.0 Å². The van der Waals surface area contributed by atoms with E-state index in [1.54, 1.807) is 18.2 Å². The Morgan fingerprint density at radius 3 is 2.68 bits per heavy atom. The number of hydrogen-bond donors (Lipinski definition) is 1. The molecule has 1 saturated heterocycles. The molecular weight excluding hydrogens is 416 g/mol. The van der Waals surface area contributed by atoms with Gasteiger partial charge >= 0.3 is 0 Å². The van der Waals surface area contributed by atoms with Crippen LogP contribution in [0.15, 0.2) is 58.1 Å². The number of fused-ring (bicyclic) bond motifs is 3. The van der Waals surface area contributed by atoms with E-state index in [1.165, 1.54) is 17.7 Å². The van der Waals surface area contributed by atoms with Crippen molar-refractivity contribution in [3.63, 3.8) is 0 Å². The minimum Gasteiger partial charge on any atom is -0.495 e. The Balaban J connectivity index is 1.55. The molecule has 1 N–H and O–H groups in total. The van der Waals surface area contributed by atoms with Crippen LogP contribution in [0.5, 0.6) is 5.75 Å². The van der Waals surface area contributed by atoms with Crippen molar-refractivity contribution >= 4 is 43.6 Å². The van der Waals surface area contributed by atoms with Crippen LogP contribution < -0.4 is 10.1 Å². The van der Waals surface area contributed by atoms with Gasteiger partial charge in [0.25, 0.3) is 0 Å². The maximum absolute atomic E-state index is 13.3. The lowest BCUT2D eigenvalue weighted by Gasteiger charge is -2.26. The number of nitrogens with one attached hydrogen (secondary N) is 1. The zero-order valence-electron chi connectivity index (χ0n) is 17.0. The highest BCUT2D eigenvalue weighted by atomic mass is 32.2. The van der Waals surface area contributed by atoms with E-state index in [9.17, 15) is 8.42 Å². The molecule has 31 heavy (non-hydrogen) atoms. The monoisotopic (exact) mass is 438 g/mol. The maximum atomic E-state index is 13.3. The molecule has 5 rings (SSSR count). The first kappa shape index (κ1) is 19.8. The Morgan fingerprint density at radius 1 is 1.06 bits per heavy atom. The number of sulfonamides is 1. The van der Waals surface area contributed by atoms with E-state index in [1.807, 2.05) is 24.3 Å². The molecule has 0 atom stereocenters. The van der Waals surface area contributed by atoms with Crippen LogP contribution in [0, 0.1) is 0 Å². The number of rotatable bonds is 5. The number of anilines is 2. The zero-order chi connectivity index (χ0) is 21.4. The minimum atomic E-state index is -3.67. The lowest BCUT2D eigenvalue weighted by molar-refractivity contribution is 0.343. The number of benzene rings is 2. The number of para-hydroxylation sites is 1. The highest BCUT2D eigenvalue weighted by molar-refractivity contribution is 7.89. The molecule has 0 radical (unpaired) electrons. The third kappa shape index (κ3) is 3.49. The van der Waals surface area contributed by atoms with Crippen molar-refractivity contribution in [3.8, 4) is 5.75 Å². The highest BCUT2D eigenvalue weighted by Gasteiger charge is 2.29. The molecule has 4 aromatic rings. The third-order valence-electron chi connectivity index (χ3n) is 5.52. The van der Waals surface area contributed by atoms with Gasteiger partial charge in [-0.3, -0.25) is 0 Å². The smallest absolute Gasteiger partial charge is 0.246 e. The lowest BCUT2D eigenvalue weighted by Crippen LogP contribution is -2.35. The second kappa shape index (κ2) is 7.82. The Bertz CT molecular complexity index is 1360. The van der Waals surface area contributed by atoms with Gasteiger partial charge in [0.05, 0.1) is 7.11 Å². The van der Waals surface area contributed by atoms with Gasteiger partial charge in [0.15, 0.2) is 11.4 Å². The summed E-state index contributed by atoms with van der Waals surface area (Å²) in [5, 5.41) is 4.09. The van der Waals surface area contributed by atoms with Crippen molar-refractivity contribution < 1.29 is 17.6 Å². The van der Waals surface area contributed by atoms with Gasteiger partial charge in [0.2, 0.25) is 10.0 Å². The van der Waals surface area contributed by atoms with E-state index in [4.69, 9.17) is 9.15 Å². The van der Waals surface area contributed by atoms with Crippen LogP contribution in [0.3, 0.4) is 0 Å². The largest absolute Gasteiger partial charge is 0.495 e. The predicted molar refractivity (Wildman–Crippen MR) is 118 cm³/mol. The van der Waals surface area contributed by atoms with Crippen molar-refractivity contribution in [2.24, 2.45) is 0 Å². The van der Waals surface area contributed by atoms with Crippen LogP contribution in [0.1, 0.15) is 19.3 Å². The number of hydrogen-bond acceptors (Lipinski definition) is 7. The Morgan fingerprint density at radius 2 is 1.87 bits per heavy atom. The Kier molecular flexibility index (Phi) is 4.99. The molecule has 0 unspecified atom stereocenters. The molecule has 8 nitrogen and oxygen atoms in total.